The topological polar surface area (TPSA) is 71.2 Å². The third-order valence-electron chi connectivity index (χ3n) is 3.88. The normalized spacial score (nSPS) is 11.2. The van der Waals surface area contributed by atoms with Crippen LogP contribution in [0.15, 0.2) is 47.8 Å². The number of nitrogens with zero attached hydrogens (tertiary/aromatic N) is 4. The first-order valence-corrected chi connectivity index (χ1v) is 8.12. The number of fused-ring (bicyclic) bond motifs is 3. The van der Waals surface area contributed by atoms with Crippen molar-refractivity contribution in [3.8, 4) is 11.4 Å². The fourth-order valence-corrected chi connectivity index (χ4v) is 3.77. The van der Waals surface area contributed by atoms with Crippen LogP contribution in [0.2, 0.25) is 0 Å². The van der Waals surface area contributed by atoms with Gasteiger partial charge in [-0.3, -0.25) is 14.3 Å². The molecule has 4 aromatic rings. The second kappa shape index (κ2) is 5.31. The van der Waals surface area contributed by atoms with E-state index in [2.05, 4.69) is 9.97 Å². The maximum absolute atomic E-state index is 12.9. The van der Waals surface area contributed by atoms with Gasteiger partial charge in [-0.25, -0.2) is 4.98 Å². The van der Waals surface area contributed by atoms with Gasteiger partial charge in [0.15, 0.2) is 0 Å². The van der Waals surface area contributed by atoms with Crippen molar-refractivity contribution in [1.82, 2.24) is 14.5 Å². The van der Waals surface area contributed by atoms with Gasteiger partial charge in [-0.05, 0) is 24.3 Å². The molecule has 0 unspecified atom stereocenters. The van der Waals surface area contributed by atoms with Crippen LogP contribution in [-0.2, 0) is 0 Å². The van der Waals surface area contributed by atoms with Crippen LogP contribution in [0.4, 0.5) is 5.69 Å². The van der Waals surface area contributed by atoms with E-state index in [-0.39, 0.29) is 11.3 Å². The van der Waals surface area contributed by atoms with Crippen LogP contribution >= 0.6 is 11.3 Å². The lowest BCUT2D eigenvalue weighted by Gasteiger charge is -2.13. The number of hydrogen-bond acceptors (Lipinski definition) is 6. The first-order chi connectivity index (χ1) is 11.6. The van der Waals surface area contributed by atoms with Gasteiger partial charge in [0.05, 0.1) is 27.8 Å². The van der Waals surface area contributed by atoms with E-state index >= 15 is 0 Å². The predicted molar refractivity (Wildman–Crippen MR) is 96.5 cm³/mol. The molecule has 0 aliphatic carbocycles. The molecule has 120 valence electrons. The minimum atomic E-state index is -0.128. The Bertz CT molecular complexity index is 1110. The number of benzene rings is 1. The number of rotatable bonds is 2. The number of hydrogen-bond donors (Lipinski definition) is 1. The second-order valence-corrected chi connectivity index (χ2v) is 6.69. The summed E-state index contributed by atoms with van der Waals surface area (Å²) in [5.41, 5.74) is 2.17. The van der Waals surface area contributed by atoms with Crippen molar-refractivity contribution in [2.24, 2.45) is 0 Å². The Kier molecular flexibility index (Phi) is 3.24. The van der Waals surface area contributed by atoms with Gasteiger partial charge in [-0.2, -0.15) is 0 Å². The van der Waals surface area contributed by atoms with E-state index in [4.69, 9.17) is 0 Å². The standard InChI is InChI=1S/C17H14N4O2S/c1-20(2)12-7-18-8-13-14(12)15-16(24-13)17(23)21(9-19-15)10-3-5-11(22)6-4-10/h3-9,22H,1-2H3. The predicted octanol–water partition coefficient (Wildman–Crippen LogP) is 2.77. The van der Waals surface area contributed by atoms with Crippen LogP contribution in [0.25, 0.3) is 26.0 Å². The van der Waals surface area contributed by atoms with Gasteiger partial charge in [0.2, 0.25) is 0 Å². The molecule has 6 nitrogen and oxygen atoms in total. The van der Waals surface area contributed by atoms with Crippen LogP contribution in [0.3, 0.4) is 0 Å². The molecule has 0 aliphatic heterocycles. The Hall–Kier alpha value is -2.93. The monoisotopic (exact) mass is 338 g/mol. The Morgan fingerprint density at radius 2 is 1.92 bits per heavy atom. The van der Waals surface area contributed by atoms with E-state index in [0.29, 0.717) is 15.9 Å². The number of aromatic nitrogens is 3. The van der Waals surface area contributed by atoms with E-state index in [0.717, 1.165) is 15.8 Å². The number of thiophene rings is 1. The average Bonchev–Trinajstić information content (AvgIpc) is 2.96. The third-order valence-corrected chi connectivity index (χ3v) is 4.98. The number of aromatic hydroxyl groups is 1. The molecule has 0 fully saturated rings. The van der Waals surface area contributed by atoms with Crippen molar-refractivity contribution in [2.75, 3.05) is 19.0 Å². The fourth-order valence-electron chi connectivity index (χ4n) is 2.70. The second-order valence-electron chi connectivity index (χ2n) is 5.64. The average molecular weight is 338 g/mol. The molecule has 1 N–H and O–H groups in total. The highest BCUT2D eigenvalue weighted by molar-refractivity contribution is 7.25. The molecule has 0 saturated heterocycles. The lowest BCUT2D eigenvalue weighted by molar-refractivity contribution is 0.475. The van der Waals surface area contributed by atoms with Gasteiger partial charge < -0.3 is 10.0 Å². The lowest BCUT2D eigenvalue weighted by Crippen LogP contribution is -2.17. The van der Waals surface area contributed by atoms with Crippen LogP contribution in [0.1, 0.15) is 0 Å². The summed E-state index contributed by atoms with van der Waals surface area (Å²) in [6.45, 7) is 0. The number of anilines is 1. The summed E-state index contributed by atoms with van der Waals surface area (Å²) in [6.07, 6.45) is 5.07. The van der Waals surface area contributed by atoms with Crippen molar-refractivity contribution >= 4 is 37.3 Å². The summed E-state index contributed by atoms with van der Waals surface area (Å²) in [6, 6.07) is 6.46. The molecule has 3 heterocycles. The number of phenolic OH excluding ortho intramolecular Hbond substituents is 1. The lowest BCUT2D eigenvalue weighted by atomic mass is 10.2. The molecule has 0 saturated carbocycles. The van der Waals surface area contributed by atoms with Crippen LogP contribution in [0.5, 0.6) is 5.75 Å². The largest absolute Gasteiger partial charge is 0.508 e. The molecule has 0 spiro atoms. The van der Waals surface area contributed by atoms with Crippen molar-refractivity contribution in [3.63, 3.8) is 0 Å². The van der Waals surface area contributed by atoms with Gasteiger partial charge in [-0.15, -0.1) is 11.3 Å². The maximum Gasteiger partial charge on any atom is 0.275 e. The zero-order valence-corrected chi connectivity index (χ0v) is 13.9. The summed E-state index contributed by atoms with van der Waals surface area (Å²) >= 11 is 1.40. The number of phenols is 1. The number of pyridine rings is 1. The molecule has 24 heavy (non-hydrogen) atoms. The quantitative estimate of drug-likeness (QED) is 0.608. The van der Waals surface area contributed by atoms with Gasteiger partial charge >= 0.3 is 0 Å². The summed E-state index contributed by atoms with van der Waals surface area (Å²) in [4.78, 5) is 23.7. The molecule has 1 aromatic carbocycles. The van der Waals surface area contributed by atoms with E-state index < -0.39 is 0 Å². The molecular formula is C17H14N4O2S. The molecule has 0 aliphatic rings. The van der Waals surface area contributed by atoms with Gasteiger partial charge in [-0.1, -0.05) is 0 Å². The minimum Gasteiger partial charge on any atom is -0.508 e. The Morgan fingerprint density at radius 1 is 1.17 bits per heavy atom. The van der Waals surface area contributed by atoms with E-state index in [1.54, 1.807) is 36.7 Å². The van der Waals surface area contributed by atoms with Gasteiger partial charge in [0.1, 0.15) is 16.8 Å². The maximum atomic E-state index is 12.9. The fraction of sp³-hybridized carbons (Fsp3) is 0.118. The third kappa shape index (κ3) is 2.13. The van der Waals surface area contributed by atoms with Crippen LogP contribution in [-0.4, -0.2) is 33.7 Å². The summed E-state index contributed by atoms with van der Waals surface area (Å²) in [5, 5.41) is 10.4. The summed E-state index contributed by atoms with van der Waals surface area (Å²) in [5.74, 6) is 0.157. The van der Waals surface area contributed by atoms with Crippen molar-refractivity contribution in [1.29, 1.82) is 0 Å². The van der Waals surface area contributed by atoms with Crippen molar-refractivity contribution in [3.05, 3.63) is 53.3 Å². The molecule has 0 atom stereocenters. The van der Waals surface area contributed by atoms with Gasteiger partial charge in [0.25, 0.3) is 5.56 Å². The Balaban J connectivity index is 2.04. The van der Waals surface area contributed by atoms with E-state index in [1.165, 1.54) is 22.2 Å². The summed E-state index contributed by atoms with van der Waals surface area (Å²) in [7, 11) is 3.88. The molecule has 4 rings (SSSR count). The van der Waals surface area contributed by atoms with Crippen LogP contribution < -0.4 is 10.5 Å². The smallest absolute Gasteiger partial charge is 0.275 e. The highest BCUT2D eigenvalue weighted by atomic mass is 32.1. The van der Waals surface area contributed by atoms with E-state index in [1.807, 2.05) is 19.0 Å². The minimum absolute atomic E-state index is 0.128. The van der Waals surface area contributed by atoms with Crippen LogP contribution in [0, 0.1) is 0 Å². The Morgan fingerprint density at radius 3 is 2.62 bits per heavy atom. The summed E-state index contributed by atoms with van der Waals surface area (Å²) < 4.78 is 3.01. The molecule has 0 radical (unpaired) electrons. The first-order valence-electron chi connectivity index (χ1n) is 7.31. The molecule has 0 amide bonds. The van der Waals surface area contributed by atoms with E-state index in [9.17, 15) is 9.90 Å². The zero-order chi connectivity index (χ0) is 16.8. The highest BCUT2D eigenvalue weighted by Gasteiger charge is 2.16. The zero-order valence-electron chi connectivity index (χ0n) is 13.1. The molecule has 7 heteroatoms. The van der Waals surface area contributed by atoms with Crippen molar-refractivity contribution < 1.29 is 5.11 Å². The first kappa shape index (κ1) is 14.6. The Labute approximate surface area is 141 Å². The SMILES string of the molecule is CN(C)c1cncc2sc3c(=O)n(-c4ccc(O)cc4)cnc3c12. The van der Waals surface area contributed by atoms with Gasteiger partial charge in [0, 0.05) is 25.7 Å². The molecule has 0 bridgehead atoms. The molecular weight excluding hydrogens is 324 g/mol. The highest BCUT2D eigenvalue weighted by Crippen LogP contribution is 2.35. The molecule has 3 aromatic heterocycles. The van der Waals surface area contributed by atoms with Crippen molar-refractivity contribution in [2.45, 2.75) is 0 Å².